The van der Waals surface area contributed by atoms with Gasteiger partial charge in [-0.2, -0.15) is 0 Å². The molecule has 0 fully saturated rings. The molecule has 0 aromatic heterocycles. The quantitative estimate of drug-likeness (QED) is 0.0959. The molecule has 0 spiro atoms. The van der Waals surface area contributed by atoms with Gasteiger partial charge in [0.1, 0.15) is 23.0 Å². The zero-order valence-electron chi connectivity index (χ0n) is 23.9. The molecule has 0 aliphatic carbocycles. The molecule has 5 aromatic rings. The van der Waals surface area contributed by atoms with Gasteiger partial charge < -0.3 is 41.8 Å². The van der Waals surface area contributed by atoms with Crippen molar-refractivity contribution in [2.75, 3.05) is 22.1 Å². The van der Waals surface area contributed by atoms with Crippen molar-refractivity contribution in [3.05, 3.63) is 131 Å². The van der Waals surface area contributed by atoms with E-state index in [9.17, 15) is 29.4 Å². The summed E-state index contributed by atoms with van der Waals surface area (Å²) >= 11 is 0. The van der Waals surface area contributed by atoms with E-state index in [-0.39, 0.29) is 11.4 Å². The summed E-state index contributed by atoms with van der Waals surface area (Å²) in [5.41, 5.74) is 11.1. The second kappa shape index (κ2) is 13.2. The van der Waals surface area contributed by atoms with Crippen LogP contribution in [0.1, 0.15) is 41.4 Å². The number of nitrogens with two attached hydrogens (primary N) is 2. The van der Waals surface area contributed by atoms with Gasteiger partial charge in [-0.25, -0.2) is 9.59 Å². The third kappa shape index (κ3) is 7.38. The first kappa shape index (κ1) is 30.6. The number of carbonyl (C=O) groups is 4. The van der Waals surface area contributed by atoms with Crippen molar-refractivity contribution in [3.8, 4) is 23.0 Å². The molecule has 12 heteroatoms. The Labute approximate surface area is 261 Å². The van der Waals surface area contributed by atoms with Crippen LogP contribution in [0.25, 0.3) is 0 Å². The maximum atomic E-state index is 13.1. The summed E-state index contributed by atoms with van der Waals surface area (Å²) < 4.78 is 11.4. The lowest BCUT2D eigenvalue weighted by atomic mass is 9.96. The number of aromatic carboxylic acids is 2. The average Bonchev–Trinajstić information content (AvgIpc) is 3.04. The molecule has 5 aromatic carbocycles. The molecule has 0 saturated carbocycles. The van der Waals surface area contributed by atoms with E-state index in [2.05, 4.69) is 10.6 Å². The number of rotatable bonds is 10. The van der Waals surface area contributed by atoms with Gasteiger partial charge in [-0.3, -0.25) is 9.59 Å². The van der Waals surface area contributed by atoms with Gasteiger partial charge in [-0.15, -0.1) is 0 Å². The Morgan fingerprint density at radius 3 is 1.02 bits per heavy atom. The Balaban J connectivity index is 1.32. The smallest absolute Gasteiger partial charge is 0.336 e. The summed E-state index contributed by atoms with van der Waals surface area (Å²) in [5, 5.41) is 24.8. The van der Waals surface area contributed by atoms with Crippen LogP contribution in [0.15, 0.2) is 109 Å². The van der Waals surface area contributed by atoms with Gasteiger partial charge in [0.15, 0.2) is 0 Å². The van der Waals surface area contributed by atoms with Crippen molar-refractivity contribution >= 4 is 46.5 Å². The highest BCUT2D eigenvalue weighted by Gasteiger charge is 2.26. The first-order valence-corrected chi connectivity index (χ1v) is 13.6. The predicted molar refractivity (Wildman–Crippen MR) is 171 cm³/mol. The van der Waals surface area contributed by atoms with Crippen LogP contribution in [0.2, 0.25) is 0 Å². The molecule has 46 heavy (non-hydrogen) atoms. The summed E-state index contributed by atoms with van der Waals surface area (Å²) in [5.74, 6) is -2.85. The Bertz CT molecular complexity index is 1780. The number of amides is 2. The molecule has 0 aliphatic heterocycles. The van der Waals surface area contributed by atoms with Crippen LogP contribution in [0.3, 0.4) is 0 Å². The molecule has 0 atom stereocenters. The lowest BCUT2D eigenvalue weighted by molar-refractivity contribution is 0.0677. The number of benzene rings is 5. The summed E-state index contributed by atoms with van der Waals surface area (Å²) in [4.78, 5) is 50.6. The number of anilines is 4. The molecule has 0 aliphatic rings. The molecule has 230 valence electrons. The third-order valence-electron chi connectivity index (χ3n) is 6.56. The van der Waals surface area contributed by atoms with Gasteiger partial charge in [0.25, 0.3) is 11.8 Å². The maximum Gasteiger partial charge on any atom is 0.336 e. The molecular weight excluding hydrogens is 592 g/mol. The minimum Gasteiger partial charge on any atom is -0.478 e. The number of carboxylic acids is 2. The Morgan fingerprint density at radius 2 is 0.739 bits per heavy atom. The normalized spacial score (nSPS) is 10.4. The molecule has 0 saturated heterocycles. The number of carbonyl (C=O) groups excluding carboxylic acids is 2. The Kier molecular flexibility index (Phi) is 8.80. The number of hydrogen-bond acceptors (Lipinski definition) is 8. The van der Waals surface area contributed by atoms with Crippen molar-refractivity contribution in [2.45, 2.75) is 0 Å². The SMILES string of the molecule is Nc1ccc(Oc2ccc(NC(=O)c3cc(C(=O)O)c(C(=O)Nc4ccc(Oc5ccc(N)cc5)cc4)cc3C(=O)O)cc2)cc1. The minimum atomic E-state index is -1.53. The van der Waals surface area contributed by atoms with Crippen molar-refractivity contribution in [1.29, 1.82) is 0 Å². The predicted octanol–water partition coefficient (Wildman–Crippen LogP) is 6.34. The lowest BCUT2D eigenvalue weighted by Crippen LogP contribution is -2.22. The highest BCUT2D eigenvalue weighted by atomic mass is 16.5. The van der Waals surface area contributed by atoms with Gasteiger partial charge >= 0.3 is 11.9 Å². The fourth-order valence-corrected chi connectivity index (χ4v) is 4.28. The van der Waals surface area contributed by atoms with E-state index in [1.165, 1.54) is 24.3 Å². The van der Waals surface area contributed by atoms with E-state index >= 15 is 0 Å². The number of hydrogen-bond donors (Lipinski definition) is 6. The van der Waals surface area contributed by atoms with E-state index in [0.29, 0.717) is 34.4 Å². The highest BCUT2D eigenvalue weighted by molar-refractivity contribution is 6.16. The Hall–Kier alpha value is -6.82. The van der Waals surface area contributed by atoms with Crippen LogP contribution >= 0.6 is 0 Å². The lowest BCUT2D eigenvalue weighted by Gasteiger charge is -2.14. The minimum absolute atomic E-state index is 0.286. The van der Waals surface area contributed by atoms with Crippen molar-refractivity contribution in [2.24, 2.45) is 0 Å². The molecular formula is C34H26N4O8. The third-order valence-corrected chi connectivity index (χ3v) is 6.56. The molecule has 12 nitrogen and oxygen atoms in total. The highest BCUT2D eigenvalue weighted by Crippen LogP contribution is 2.27. The van der Waals surface area contributed by atoms with Crippen molar-refractivity contribution in [1.82, 2.24) is 0 Å². The first-order chi connectivity index (χ1) is 22.0. The maximum absolute atomic E-state index is 13.1. The first-order valence-electron chi connectivity index (χ1n) is 13.6. The molecule has 0 unspecified atom stereocenters. The topological polar surface area (TPSA) is 203 Å². The van der Waals surface area contributed by atoms with Crippen LogP contribution in [-0.4, -0.2) is 34.0 Å². The zero-order chi connectivity index (χ0) is 32.8. The van der Waals surface area contributed by atoms with Gasteiger partial charge in [0.05, 0.1) is 22.3 Å². The van der Waals surface area contributed by atoms with Gasteiger partial charge in [-0.05, 0) is 109 Å². The summed E-state index contributed by atoms with van der Waals surface area (Å²) in [7, 11) is 0. The fraction of sp³-hybridized carbons (Fsp3) is 0. The molecule has 0 heterocycles. The number of nitrogens with one attached hydrogen (secondary N) is 2. The summed E-state index contributed by atoms with van der Waals surface area (Å²) in [6.07, 6.45) is 0. The van der Waals surface area contributed by atoms with Crippen LogP contribution in [0.4, 0.5) is 22.7 Å². The van der Waals surface area contributed by atoms with Crippen LogP contribution < -0.4 is 31.6 Å². The van der Waals surface area contributed by atoms with Gasteiger partial charge in [0.2, 0.25) is 0 Å². The molecule has 5 rings (SSSR count). The van der Waals surface area contributed by atoms with Crippen LogP contribution in [0, 0.1) is 0 Å². The number of ether oxygens (including phenoxy) is 2. The van der Waals surface area contributed by atoms with E-state index in [1.807, 2.05) is 0 Å². The van der Waals surface area contributed by atoms with E-state index in [4.69, 9.17) is 20.9 Å². The average molecular weight is 619 g/mol. The van der Waals surface area contributed by atoms with Gasteiger partial charge in [0, 0.05) is 22.7 Å². The molecule has 0 bridgehead atoms. The monoisotopic (exact) mass is 618 g/mol. The van der Waals surface area contributed by atoms with E-state index < -0.39 is 46.0 Å². The van der Waals surface area contributed by atoms with E-state index in [1.54, 1.807) is 72.8 Å². The van der Waals surface area contributed by atoms with Crippen LogP contribution in [0.5, 0.6) is 23.0 Å². The summed E-state index contributed by atoms with van der Waals surface area (Å²) in [6, 6.07) is 27.6. The van der Waals surface area contributed by atoms with Gasteiger partial charge in [-0.1, -0.05) is 0 Å². The Morgan fingerprint density at radius 1 is 0.457 bits per heavy atom. The standard InChI is InChI=1S/C34H26N4O8/c35-19-1-9-23(10-2-19)45-25-13-5-21(6-14-25)37-31(39)27-17-30(34(43)44)28(18-29(27)33(41)42)32(40)38-22-7-15-26(16-8-22)46-24-11-3-20(36)4-12-24/h1-18H,35-36H2,(H,37,39)(H,38,40)(H,41,42)(H,43,44). The second-order valence-corrected chi connectivity index (χ2v) is 9.85. The summed E-state index contributed by atoms with van der Waals surface area (Å²) in [6.45, 7) is 0. The fourth-order valence-electron chi connectivity index (χ4n) is 4.28. The number of carboxylic acid groups (broad SMARTS) is 2. The molecule has 0 radical (unpaired) electrons. The van der Waals surface area contributed by atoms with Crippen molar-refractivity contribution in [3.63, 3.8) is 0 Å². The zero-order valence-corrected chi connectivity index (χ0v) is 23.9. The largest absolute Gasteiger partial charge is 0.478 e. The van der Waals surface area contributed by atoms with Crippen LogP contribution in [-0.2, 0) is 0 Å². The van der Waals surface area contributed by atoms with E-state index in [0.717, 1.165) is 12.1 Å². The number of nitrogen functional groups attached to an aromatic ring is 2. The second-order valence-electron chi connectivity index (χ2n) is 9.85. The molecule has 2 amide bonds. The van der Waals surface area contributed by atoms with Crippen molar-refractivity contribution < 1.29 is 38.9 Å². The molecule has 8 N–H and O–H groups in total.